The van der Waals surface area contributed by atoms with Gasteiger partial charge in [-0.05, 0) is 23.8 Å². The third-order valence-electron chi connectivity index (χ3n) is 4.23. The van der Waals surface area contributed by atoms with Gasteiger partial charge < -0.3 is 24.7 Å². The van der Waals surface area contributed by atoms with Gasteiger partial charge in [0.25, 0.3) is 5.56 Å². The number of nitrogens with one attached hydrogen (secondary N) is 2. The summed E-state index contributed by atoms with van der Waals surface area (Å²) in [5.41, 5.74) is 1.37. The van der Waals surface area contributed by atoms with Crippen LogP contribution in [-0.4, -0.2) is 17.4 Å². The molecule has 1 aliphatic rings. The van der Waals surface area contributed by atoms with Crippen LogP contribution in [-0.2, 0) is 13.6 Å². The molecular formula is C19H17N3O4. The molecule has 2 amide bonds. The molecule has 2 aromatic carbocycles. The fraction of sp³-hybridized carbons (Fsp3) is 0.158. The predicted octanol–water partition coefficient (Wildman–Crippen LogP) is 2.59. The van der Waals surface area contributed by atoms with Crippen molar-refractivity contribution in [2.24, 2.45) is 7.05 Å². The monoisotopic (exact) mass is 351 g/mol. The Morgan fingerprint density at radius 3 is 2.73 bits per heavy atom. The number of carbonyl (C=O) groups is 1. The summed E-state index contributed by atoms with van der Waals surface area (Å²) in [6, 6.07) is 12.4. The smallest absolute Gasteiger partial charge is 0.319 e. The molecule has 0 aliphatic carbocycles. The zero-order valence-corrected chi connectivity index (χ0v) is 14.1. The SMILES string of the molecule is Cn1cc(NC(=O)NCc2ccc3c(c2)OCO3)c2ccccc2c1=O. The lowest BCUT2D eigenvalue weighted by atomic mass is 10.1. The average Bonchev–Trinajstić information content (AvgIpc) is 3.12. The van der Waals surface area contributed by atoms with Crippen LogP contribution in [0.2, 0.25) is 0 Å². The molecule has 3 aromatic rings. The van der Waals surface area contributed by atoms with Crippen LogP contribution >= 0.6 is 0 Å². The molecule has 7 nitrogen and oxygen atoms in total. The number of rotatable bonds is 3. The van der Waals surface area contributed by atoms with Gasteiger partial charge in [0.1, 0.15) is 0 Å². The van der Waals surface area contributed by atoms with Gasteiger partial charge in [-0.1, -0.05) is 24.3 Å². The molecule has 2 N–H and O–H groups in total. The van der Waals surface area contributed by atoms with Crippen molar-refractivity contribution < 1.29 is 14.3 Å². The van der Waals surface area contributed by atoms with Crippen molar-refractivity contribution in [2.45, 2.75) is 6.54 Å². The maximum absolute atomic E-state index is 12.3. The second-order valence-electron chi connectivity index (χ2n) is 6.00. The van der Waals surface area contributed by atoms with E-state index in [1.165, 1.54) is 4.57 Å². The molecule has 0 unspecified atom stereocenters. The number of ether oxygens (including phenoxy) is 2. The number of hydrogen-bond donors (Lipinski definition) is 2. The highest BCUT2D eigenvalue weighted by Gasteiger charge is 2.14. The Morgan fingerprint density at radius 2 is 1.88 bits per heavy atom. The third-order valence-corrected chi connectivity index (χ3v) is 4.23. The van der Waals surface area contributed by atoms with Crippen LogP contribution in [0.25, 0.3) is 10.8 Å². The molecule has 0 atom stereocenters. The molecule has 1 aromatic heterocycles. The predicted molar refractivity (Wildman–Crippen MR) is 97.6 cm³/mol. The van der Waals surface area contributed by atoms with Crippen molar-refractivity contribution in [2.75, 3.05) is 12.1 Å². The number of hydrogen-bond acceptors (Lipinski definition) is 4. The topological polar surface area (TPSA) is 81.6 Å². The Hall–Kier alpha value is -3.48. The van der Waals surface area contributed by atoms with Gasteiger partial charge in [-0.15, -0.1) is 0 Å². The Morgan fingerprint density at radius 1 is 1.12 bits per heavy atom. The van der Waals surface area contributed by atoms with E-state index in [-0.39, 0.29) is 18.4 Å². The number of aryl methyl sites for hydroxylation is 1. The molecule has 4 rings (SSSR count). The van der Waals surface area contributed by atoms with Crippen LogP contribution < -0.4 is 25.7 Å². The first kappa shape index (κ1) is 16.0. The lowest BCUT2D eigenvalue weighted by Crippen LogP contribution is -2.29. The molecule has 0 saturated carbocycles. The van der Waals surface area contributed by atoms with Gasteiger partial charge in [0.2, 0.25) is 6.79 Å². The van der Waals surface area contributed by atoms with E-state index in [1.807, 2.05) is 30.3 Å². The van der Waals surface area contributed by atoms with E-state index >= 15 is 0 Å². The number of pyridine rings is 1. The normalized spacial score (nSPS) is 12.2. The minimum Gasteiger partial charge on any atom is -0.454 e. The Labute approximate surface area is 149 Å². The summed E-state index contributed by atoms with van der Waals surface area (Å²) in [5, 5.41) is 6.87. The number of benzene rings is 2. The van der Waals surface area contributed by atoms with E-state index in [2.05, 4.69) is 10.6 Å². The summed E-state index contributed by atoms with van der Waals surface area (Å²) in [6.07, 6.45) is 1.62. The summed E-state index contributed by atoms with van der Waals surface area (Å²) in [5.74, 6) is 1.38. The summed E-state index contributed by atoms with van der Waals surface area (Å²) >= 11 is 0. The first-order chi connectivity index (χ1) is 12.6. The van der Waals surface area contributed by atoms with Crippen molar-refractivity contribution >= 4 is 22.5 Å². The average molecular weight is 351 g/mol. The lowest BCUT2D eigenvalue weighted by Gasteiger charge is -2.12. The second kappa shape index (κ2) is 6.44. The minimum absolute atomic E-state index is 0.105. The van der Waals surface area contributed by atoms with E-state index in [0.29, 0.717) is 34.5 Å². The van der Waals surface area contributed by atoms with Crippen molar-refractivity contribution in [3.63, 3.8) is 0 Å². The maximum Gasteiger partial charge on any atom is 0.319 e. The van der Waals surface area contributed by atoms with E-state index in [9.17, 15) is 9.59 Å². The van der Waals surface area contributed by atoms with Crippen molar-refractivity contribution in [3.05, 3.63) is 64.6 Å². The van der Waals surface area contributed by atoms with E-state index in [1.54, 1.807) is 25.4 Å². The second-order valence-corrected chi connectivity index (χ2v) is 6.00. The molecule has 0 saturated heterocycles. The zero-order chi connectivity index (χ0) is 18.1. The molecule has 26 heavy (non-hydrogen) atoms. The fourth-order valence-corrected chi connectivity index (χ4v) is 2.92. The summed E-state index contributed by atoms with van der Waals surface area (Å²) in [4.78, 5) is 24.5. The van der Waals surface area contributed by atoms with Crippen LogP contribution in [0.1, 0.15) is 5.56 Å². The number of urea groups is 1. The Bertz CT molecular complexity index is 1060. The van der Waals surface area contributed by atoms with E-state index in [4.69, 9.17) is 9.47 Å². The highest BCUT2D eigenvalue weighted by Crippen LogP contribution is 2.32. The van der Waals surface area contributed by atoms with Gasteiger partial charge in [0.05, 0.1) is 5.69 Å². The molecule has 0 fully saturated rings. The van der Waals surface area contributed by atoms with Gasteiger partial charge >= 0.3 is 6.03 Å². The van der Waals surface area contributed by atoms with Crippen molar-refractivity contribution in [1.82, 2.24) is 9.88 Å². The molecular weight excluding hydrogens is 334 g/mol. The van der Waals surface area contributed by atoms with Gasteiger partial charge in [0.15, 0.2) is 11.5 Å². The largest absolute Gasteiger partial charge is 0.454 e. The maximum atomic E-state index is 12.3. The molecule has 2 heterocycles. The number of fused-ring (bicyclic) bond motifs is 2. The van der Waals surface area contributed by atoms with E-state index in [0.717, 1.165) is 5.56 Å². The van der Waals surface area contributed by atoms with Gasteiger partial charge in [0, 0.05) is 30.6 Å². The number of nitrogens with zero attached hydrogens (tertiary/aromatic N) is 1. The molecule has 0 bridgehead atoms. The van der Waals surface area contributed by atoms with Crippen LogP contribution in [0, 0.1) is 0 Å². The van der Waals surface area contributed by atoms with Crippen LogP contribution in [0.15, 0.2) is 53.5 Å². The Kier molecular flexibility index (Phi) is 3.96. The first-order valence-electron chi connectivity index (χ1n) is 8.13. The lowest BCUT2D eigenvalue weighted by molar-refractivity contribution is 0.174. The molecule has 0 radical (unpaired) electrons. The number of anilines is 1. The van der Waals surface area contributed by atoms with Crippen LogP contribution in [0.5, 0.6) is 11.5 Å². The number of amides is 2. The molecule has 1 aliphatic heterocycles. The van der Waals surface area contributed by atoms with Crippen molar-refractivity contribution in [3.8, 4) is 11.5 Å². The standard InChI is InChI=1S/C19H17N3O4/c1-22-10-15(13-4-2-3-5-14(13)18(22)23)21-19(24)20-9-12-6-7-16-17(8-12)26-11-25-16/h2-8,10H,9,11H2,1H3,(H2,20,21,24). The molecule has 7 heteroatoms. The molecule has 0 spiro atoms. The highest BCUT2D eigenvalue weighted by atomic mass is 16.7. The number of carbonyl (C=O) groups excluding carboxylic acids is 1. The molecule has 132 valence electrons. The van der Waals surface area contributed by atoms with Crippen molar-refractivity contribution in [1.29, 1.82) is 0 Å². The van der Waals surface area contributed by atoms with E-state index < -0.39 is 0 Å². The summed E-state index contributed by atoms with van der Waals surface area (Å²) in [6.45, 7) is 0.554. The highest BCUT2D eigenvalue weighted by molar-refractivity contribution is 6.00. The zero-order valence-electron chi connectivity index (χ0n) is 14.1. The van der Waals surface area contributed by atoms with Gasteiger partial charge in [-0.3, -0.25) is 4.79 Å². The Balaban J connectivity index is 1.49. The fourth-order valence-electron chi connectivity index (χ4n) is 2.92. The minimum atomic E-state index is -0.355. The summed E-state index contributed by atoms with van der Waals surface area (Å²) < 4.78 is 12.1. The van der Waals surface area contributed by atoms with Gasteiger partial charge in [-0.2, -0.15) is 0 Å². The van der Waals surface area contributed by atoms with Gasteiger partial charge in [-0.25, -0.2) is 4.79 Å². The summed E-state index contributed by atoms with van der Waals surface area (Å²) in [7, 11) is 1.66. The number of aromatic nitrogens is 1. The first-order valence-corrected chi connectivity index (χ1v) is 8.13. The van der Waals surface area contributed by atoms with Crippen LogP contribution in [0.3, 0.4) is 0 Å². The quantitative estimate of drug-likeness (QED) is 0.760. The van der Waals surface area contributed by atoms with Crippen LogP contribution in [0.4, 0.5) is 10.5 Å². The third kappa shape index (κ3) is 2.95.